The Morgan fingerprint density at radius 1 is 0.558 bits per heavy atom. The van der Waals surface area contributed by atoms with Crippen LogP contribution in [0.1, 0.15) is 138 Å². The Morgan fingerprint density at radius 3 is 1.38 bits per heavy atom. The van der Waals surface area contributed by atoms with Crippen LogP contribution >= 0.6 is 23.2 Å². The molecule has 4 aliphatic rings. The summed E-state index contributed by atoms with van der Waals surface area (Å²) in [6, 6.07) is 12.5. The van der Waals surface area contributed by atoms with Crippen molar-refractivity contribution in [2.24, 2.45) is 11.8 Å². The van der Waals surface area contributed by atoms with Gasteiger partial charge < -0.3 is 10.6 Å². The molecule has 0 unspecified atom stereocenters. The average molecular weight is 736 g/mol. The summed E-state index contributed by atoms with van der Waals surface area (Å²) in [5.74, 6) is 2.43. The fraction of sp³-hybridized carbons (Fsp3) is 0.522. The van der Waals surface area contributed by atoms with Crippen LogP contribution in [0, 0.1) is 11.8 Å². The van der Waals surface area contributed by atoms with E-state index in [0.29, 0.717) is 23.7 Å². The van der Waals surface area contributed by atoms with Crippen molar-refractivity contribution in [3.63, 3.8) is 0 Å². The van der Waals surface area contributed by atoms with Gasteiger partial charge in [0.2, 0.25) is 0 Å². The molecule has 0 amide bonds. The Kier molecular flexibility index (Phi) is 11.1. The first-order chi connectivity index (χ1) is 25.4. The van der Waals surface area contributed by atoms with Crippen LogP contribution in [0.4, 0.5) is 11.4 Å². The number of unbranched alkanes of at least 4 members (excludes halogenated alkanes) is 9. The SMILES string of the molecule is CC1=C[C@H]2Cc3nc4cc(Cl)ccc4c(NCCCCCCCCCCCCNc4c5c(nc6cc(Cl)ccc46)C[C@@H]4C=C(C)C[C@H]5C4)c3[C@@H](C1)C2. The van der Waals surface area contributed by atoms with Gasteiger partial charge >= 0.3 is 0 Å². The minimum atomic E-state index is 0.583. The Morgan fingerprint density at radius 2 is 0.962 bits per heavy atom. The van der Waals surface area contributed by atoms with E-state index in [1.807, 2.05) is 24.3 Å². The normalized spacial score (nSPS) is 21.8. The van der Waals surface area contributed by atoms with E-state index < -0.39 is 0 Å². The molecule has 0 spiro atoms. The largest absolute Gasteiger partial charge is 0.384 e. The third-order valence-corrected chi connectivity index (χ3v) is 12.9. The average Bonchev–Trinajstić information content (AvgIpc) is 3.10. The Bertz CT molecular complexity index is 1850. The first kappa shape index (κ1) is 35.9. The first-order valence-corrected chi connectivity index (χ1v) is 21.2. The van der Waals surface area contributed by atoms with Crippen molar-refractivity contribution < 1.29 is 0 Å². The number of benzene rings is 2. The molecule has 2 N–H and O–H groups in total. The Labute approximate surface area is 321 Å². The lowest BCUT2D eigenvalue weighted by molar-refractivity contribution is 0.433. The van der Waals surface area contributed by atoms with Crippen molar-refractivity contribution >= 4 is 56.4 Å². The standard InChI is InChI=1S/C46H56Cl2N4/c1-29-19-31-23-33(21-29)43-41(25-31)51-39-27-35(47)13-15-37(39)45(43)49-17-11-9-7-5-3-4-6-8-10-12-18-50-46-38-16-14-36(48)28-40(38)52-42-26-32-20-30(2)22-34(24-32)44(42)46/h13-16,19-20,27-28,31-34H,3-12,17-18,21-26H2,1-2H3,(H,49,51)(H,50,52)/t31-,32-,33+,34+/m1/s1. The quantitative estimate of drug-likeness (QED) is 0.0943. The molecule has 4 atom stereocenters. The van der Waals surface area contributed by atoms with Crippen LogP contribution in [-0.4, -0.2) is 23.1 Å². The molecule has 0 fully saturated rings. The number of fused-ring (bicyclic) bond motifs is 10. The molecule has 4 aliphatic carbocycles. The van der Waals surface area contributed by atoms with Crippen LogP contribution in [0.15, 0.2) is 59.7 Å². The zero-order chi connectivity index (χ0) is 35.6. The van der Waals surface area contributed by atoms with E-state index in [1.54, 1.807) is 11.1 Å². The summed E-state index contributed by atoms with van der Waals surface area (Å²) in [6.07, 6.45) is 25.0. The van der Waals surface area contributed by atoms with Gasteiger partial charge in [0.15, 0.2) is 0 Å². The molecular formula is C46H56Cl2N4. The van der Waals surface area contributed by atoms with E-state index in [4.69, 9.17) is 33.2 Å². The highest BCUT2D eigenvalue weighted by atomic mass is 35.5. The Hall–Kier alpha value is -3.08. The van der Waals surface area contributed by atoms with Crippen molar-refractivity contribution in [2.45, 2.75) is 128 Å². The number of pyridine rings is 2. The van der Waals surface area contributed by atoms with Gasteiger partial charge in [-0.05, 0) is 125 Å². The van der Waals surface area contributed by atoms with Crippen LogP contribution in [-0.2, 0) is 12.8 Å². The maximum atomic E-state index is 6.40. The highest BCUT2D eigenvalue weighted by Gasteiger charge is 2.35. The second kappa shape index (κ2) is 16.1. The molecule has 52 heavy (non-hydrogen) atoms. The van der Waals surface area contributed by atoms with Crippen molar-refractivity contribution in [2.75, 3.05) is 23.7 Å². The van der Waals surface area contributed by atoms with E-state index in [2.05, 4.69) is 48.8 Å². The molecule has 6 heteroatoms. The topological polar surface area (TPSA) is 49.8 Å². The van der Waals surface area contributed by atoms with Crippen LogP contribution in [0.25, 0.3) is 21.8 Å². The molecule has 0 saturated carbocycles. The van der Waals surface area contributed by atoms with Gasteiger partial charge in [-0.15, -0.1) is 0 Å². The maximum absolute atomic E-state index is 6.40. The molecule has 4 bridgehead atoms. The van der Waals surface area contributed by atoms with Crippen molar-refractivity contribution in [1.82, 2.24) is 9.97 Å². The van der Waals surface area contributed by atoms with Crippen LogP contribution in [0.3, 0.4) is 0 Å². The number of aromatic nitrogens is 2. The van der Waals surface area contributed by atoms with Crippen molar-refractivity contribution in [1.29, 1.82) is 0 Å². The maximum Gasteiger partial charge on any atom is 0.0741 e. The predicted octanol–water partition coefficient (Wildman–Crippen LogP) is 13.5. The molecule has 2 aromatic heterocycles. The summed E-state index contributed by atoms with van der Waals surface area (Å²) in [6.45, 7) is 6.66. The summed E-state index contributed by atoms with van der Waals surface area (Å²) >= 11 is 12.8. The summed E-state index contributed by atoms with van der Waals surface area (Å²) in [5, 5.41) is 11.8. The molecule has 2 aromatic carbocycles. The van der Waals surface area contributed by atoms with Crippen molar-refractivity contribution in [3.05, 3.63) is 92.3 Å². The highest BCUT2D eigenvalue weighted by molar-refractivity contribution is 6.31. The Balaban J connectivity index is 0.748. The molecule has 0 aliphatic heterocycles. The minimum absolute atomic E-state index is 0.583. The zero-order valence-corrected chi connectivity index (χ0v) is 32.8. The van der Waals surface area contributed by atoms with E-state index in [9.17, 15) is 0 Å². The number of hydrogen-bond acceptors (Lipinski definition) is 4. The van der Waals surface area contributed by atoms with Gasteiger partial charge in [0.1, 0.15) is 0 Å². The van der Waals surface area contributed by atoms with Gasteiger partial charge in [0.05, 0.1) is 11.0 Å². The number of hydrogen-bond donors (Lipinski definition) is 2. The monoisotopic (exact) mass is 734 g/mol. The lowest BCUT2D eigenvalue weighted by atomic mass is 9.71. The molecule has 274 valence electrons. The molecule has 2 heterocycles. The lowest BCUT2D eigenvalue weighted by Gasteiger charge is -2.36. The summed E-state index contributed by atoms with van der Waals surface area (Å²) in [7, 11) is 0. The number of halogens is 2. The second-order valence-electron chi connectivity index (χ2n) is 16.6. The molecule has 4 aromatic rings. The van der Waals surface area contributed by atoms with Gasteiger partial charge in [-0.3, -0.25) is 9.97 Å². The van der Waals surface area contributed by atoms with E-state index in [1.165, 1.54) is 122 Å². The number of anilines is 2. The minimum Gasteiger partial charge on any atom is -0.384 e. The predicted molar refractivity (Wildman–Crippen MR) is 223 cm³/mol. The zero-order valence-electron chi connectivity index (χ0n) is 31.3. The fourth-order valence-corrected chi connectivity index (χ4v) is 10.6. The summed E-state index contributed by atoms with van der Waals surface area (Å²) < 4.78 is 0. The van der Waals surface area contributed by atoms with E-state index in [-0.39, 0.29) is 0 Å². The van der Waals surface area contributed by atoms with E-state index in [0.717, 1.165) is 59.9 Å². The fourth-order valence-electron chi connectivity index (χ4n) is 10.2. The third-order valence-electron chi connectivity index (χ3n) is 12.4. The van der Waals surface area contributed by atoms with Gasteiger partial charge in [0.25, 0.3) is 0 Å². The highest BCUT2D eigenvalue weighted by Crippen LogP contribution is 2.49. The van der Waals surface area contributed by atoms with Gasteiger partial charge in [-0.2, -0.15) is 0 Å². The third kappa shape index (κ3) is 7.90. The summed E-state index contributed by atoms with van der Waals surface area (Å²) in [5.41, 5.74) is 13.4. The van der Waals surface area contributed by atoms with Crippen LogP contribution < -0.4 is 10.6 Å². The molecule has 8 rings (SSSR count). The van der Waals surface area contributed by atoms with Gasteiger partial charge in [0, 0.05) is 67.8 Å². The van der Waals surface area contributed by atoms with Crippen molar-refractivity contribution in [3.8, 4) is 0 Å². The van der Waals surface area contributed by atoms with E-state index >= 15 is 0 Å². The first-order valence-electron chi connectivity index (χ1n) is 20.5. The molecule has 0 saturated heterocycles. The second-order valence-corrected chi connectivity index (χ2v) is 17.5. The number of rotatable bonds is 15. The molecule has 4 nitrogen and oxygen atoms in total. The number of allylic oxidation sites excluding steroid dienone is 4. The molecular weight excluding hydrogens is 679 g/mol. The number of nitrogens with zero attached hydrogens (tertiary/aromatic N) is 2. The number of nitrogens with one attached hydrogen (secondary N) is 2. The smallest absolute Gasteiger partial charge is 0.0741 e. The van der Waals surface area contributed by atoms with Crippen LogP contribution in [0.5, 0.6) is 0 Å². The van der Waals surface area contributed by atoms with Gasteiger partial charge in [-0.1, -0.05) is 97.9 Å². The molecule has 0 radical (unpaired) electrons. The van der Waals surface area contributed by atoms with Gasteiger partial charge in [-0.25, -0.2) is 0 Å². The summed E-state index contributed by atoms with van der Waals surface area (Å²) in [4.78, 5) is 10.3. The van der Waals surface area contributed by atoms with Crippen LogP contribution in [0.2, 0.25) is 10.0 Å². The lowest BCUT2D eigenvalue weighted by Crippen LogP contribution is -2.24.